The van der Waals surface area contributed by atoms with E-state index in [1.807, 2.05) is 20.8 Å². The summed E-state index contributed by atoms with van der Waals surface area (Å²) in [5.41, 5.74) is 2.33. The number of hydrogen-bond donors (Lipinski definition) is 0. The number of carbonyl (C=O) groups excluding carboxylic acids is 2. The van der Waals surface area contributed by atoms with Gasteiger partial charge in [0, 0.05) is 0 Å². The predicted octanol–water partition coefficient (Wildman–Crippen LogP) is 2.69. The molecule has 18 heavy (non-hydrogen) atoms. The summed E-state index contributed by atoms with van der Waals surface area (Å²) in [7, 11) is 2.65. The van der Waals surface area contributed by atoms with E-state index in [1.165, 1.54) is 14.2 Å². The molecule has 0 heterocycles. The second-order valence-corrected chi connectivity index (χ2v) is 4.36. The summed E-state index contributed by atoms with van der Waals surface area (Å²) in [6.45, 7) is 5.67. The maximum absolute atomic E-state index is 11.8. The third-order valence-electron chi connectivity index (χ3n) is 2.83. The molecule has 0 fully saturated rings. The lowest BCUT2D eigenvalue weighted by Crippen LogP contribution is -2.15. The van der Waals surface area contributed by atoms with Crippen molar-refractivity contribution in [3.63, 3.8) is 0 Å². The van der Waals surface area contributed by atoms with Gasteiger partial charge in [0.1, 0.15) is 0 Å². The Labute approximate surface area is 107 Å². The van der Waals surface area contributed by atoms with Crippen LogP contribution in [0.25, 0.3) is 0 Å². The standard InChI is InChI=1S/C14H18O4/c1-8(2)11-10(13(15)17-4)7-6-9(3)12(11)14(16)18-5/h6-8H,1-5H3. The number of hydrogen-bond acceptors (Lipinski definition) is 4. The van der Waals surface area contributed by atoms with Crippen molar-refractivity contribution in [2.45, 2.75) is 26.7 Å². The Morgan fingerprint density at radius 2 is 1.61 bits per heavy atom. The third kappa shape index (κ3) is 2.53. The summed E-state index contributed by atoms with van der Waals surface area (Å²) in [5, 5.41) is 0. The molecule has 4 nitrogen and oxygen atoms in total. The van der Waals surface area contributed by atoms with Gasteiger partial charge in [-0.25, -0.2) is 9.59 Å². The Bertz CT molecular complexity index is 475. The van der Waals surface area contributed by atoms with E-state index >= 15 is 0 Å². The molecule has 0 radical (unpaired) electrons. The smallest absolute Gasteiger partial charge is 0.338 e. The van der Waals surface area contributed by atoms with Gasteiger partial charge in [-0.15, -0.1) is 0 Å². The van der Waals surface area contributed by atoms with Gasteiger partial charge in [0.25, 0.3) is 0 Å². The van der Waals surface area contributed by atoms with Gasteiger partial charge >= 0.3 is 11.9 Å². The van der Waals surface area contributed by atoms with Crippen molar-refractivity contribution in [1.82, 2.24) is 0 Å². The second kappa shape index (κ2) is 5.67. The Hall–Kier alpha value is -1.84. The minimum absolute atomic E-state index is 0.0214. The number of benzene rings is 1. The lowest BCUT2D eigenvalue weighted by atomic mass is 9.89. The molecule has 0 aromatic heterocycles. The minimum Gasteiger partial charge on any atom is -0.465 e. The predicted molar refractivity (Wildman–Crippen MR) is 67.9 cm³/mol. The van der Waals surface area contributed by atoms with Gasteiger partial charge in [-0.3, -0.25) is 0 Å². The highest BCUT2D eigenvalue weighted by atomic mass is 16.5. The van der Waals surface area contributed by atoms with Gasteiger partial charge in [0.05, 0.1) is 25.3 Å². The number of ether oxygens (including phenoxy) is 2. The van der Waals surface area contributed by atoms with E-state index in [4.69, 9.17) is 9.47 Å². The maximum atomic E-state index is 11.8. The second-order valence-electron chi connectivity index (χ2n) is 4.36. The summed E-state index contributed by atoms with van der Waals surface area (Å²) in [4.78, 5) is 23.6. The fourth-order valence-corrected chi connectivity index (χ4v) is 1.99. The molecular formula is C14H18O4. The highest BCUT2D eigenvalue weighted by Gasteiger charge is 2.24. The number of rotatable bonds is 3. The molecule has 1 aromatic carbocycles. The molecule has 0 aliphatic rings. The monoisotopic (exact) mass is 250 g/mol. The van der Waals surface area contributed by atoms with Crippen LogP contribution in [0.1, 0.15) is 51.6 Å². The SMILES string of the molecule is COC(=O)c1ccc(C)c(C(=O)OC)c1C(C)C. The normalized spacial score (nSPS) is 10.3. The molecule has 0 saturated heterocycles. The molecule has 0 amide bonds. The molecule has 0 aliphatic carbocycles. The zero-order valence-corrected chi connectivity index (χ0v) is 11.4. The Morgan fingerprint density at radius 3 is 2.06 bits per heavy atom. The van der Waals surface area contributed by atoms with Crippen LogP contribution in [0.3, 0.4) is 0 Å². The van der Waals surface area contributed by atoms with E-state index < -0.39 is 11.9 Å². The fourth-order valence-electron chi connectivity index (χ4n) is 1.99. The minimum atomic E-state index is -0.441. The Kier molecular flexibility index (Phi) is 4.48. The summed E-state index contributed by atoms with van der Waals surface area (Å²) in [5.74, 6) is -0.848. The molecule has 0 spiro atoms. The van der Waals surface area contributed by atoms with Crippen LogP contribution in [0.4, 0.5) is 0 Å². The van der Waals surface area contributed by atoms with Crippen LogP contribution in [-0.2, 0) is 9.47 Å². The largest absolute Gasteiger partial charge is 0.465 e. The van der Waals surface area contributed by atoms with Crippen molar-refractivity contribution in [3.05, 3.63) is 34.4 Å². The van der Waals surface area contributed by atoms with Crippen LogP contribution in [0.5, 0.6) is 0 Å². The maximum Gasteiger partial charge on any atom is 0.338 e. The van der Waals surface area contributed by atoms with Crippen molar-refractivity contribution in [2.24, 2.45) is 0 Å². The van der Waals surface area contributed by atoms with E-state index in [0.29, 0.717) is 16.7 Å². The molecule has 0 saturated carbocycles. The van der Waals surface area contributed by atoms with Crippen molar-refractivity contribution in [2.75, 3.05) is 14.2 Å². The van der Waals surface area contributed by atoms with Crippen LogP contribution < -0.4 is 0 Å². The van der Waals surface area contributed by atoms with Crippen molar-refractivity contribution in [3.8, 4) is 0 Å². The van der Waals surface area contributed by atoms with E-state index in [2.05, 4.69) is 0 Å². The molecule has 0 N–H and O–H groups in total. The van der Waals surface area contributed by atoms with Gasteiger partial charge in [-0.1, -0.05) is 19.9 Å². The molecule has 4 heteroatoms. The van der Waals surface area contributed by atoms with Crippen molar-refractivity contribution >= 4 is 11.9 Å². The number of methoxy groups -OCH3 is 2. The summed E-state index contributed by atoms with van der Waals surface area (Å²) in [6, 6.07) is 3.41. The summed E-state index contributed by atoms with van der Waals surface area (Å²) < 4.78 is 9.53. The molecule has 0 bridgehead atoms. The van der Waals surface area contributed by atoms with E-state index in [9.17, 15) is 9.59 Å². The molecular weight excluding hydrogens is 232 g/mol. The number of esters is 2. The van der Waals surface area contributed by atoms with Crippen LogP contribution in [0.15, 0.2) is 12.1 Å². The fraction of sp³-hybridized carbons (Fsp3) is 0.429. The lowest BCUT2D eigenvalue weighted by Gasteiger charge is -2.17. The highest BCUT2D eigenvalue weighted by Crippen LogP contribution is 2.28. The topological polar surface area (TPSA) is 52.6 Å². The van der Waals surface area contributed by atoms with E-state index in [-0.39, 0.29) is 5.92 Å². The van der Waals surface area contributed by atoms with Crippen LogP contribution in [0.2, 0.25) is 0 Å². The summed E-state index contributed by atoms with van der Waals surface area (Å²) in [6.07, 6.45) is 0. The van der Waals surface area contributed by atoms with Gasteiger partial charge in [0.2, 0.25) is 0 Å². The molecule has 0 atom stereocenters. The number of carbonyl (C=O) groups is 2. The van der Waals surface area contributed by atoms with Gasteiger partial charge in [-0.2, -0.15) is 0 Å². The lowest BCUT2D eigenvalue weighted by molar-refractivity contribution is 0.0595. The number of aryl methyl sites for hydroxylation is 1. The van der Waals surface area contributed by atoms with Crippen LogP contribution >= 0.6 is 0 Å². The van der Waals surface area contributed by atoms with Gasteiger partial charge < -0.3 is 9.47 Å². The highest BCUT2D eigenvalue weighted by molar-refractivity contribution is 5.99. The zero-order chi connectivity index (χ0) is 13.9. The molecule has 1 aromatic rings. The first-order chi connectivity index (χ1) is 8.43. The van der Waals surface area contributed by atoms with Crippen molar-refractivity contribution in [1.29, 1.82) is 0 Å². The van der Waals surface area contributed by atoms with E-state index in [0.717, 1.165) is 5.56 Å². The van der Waals surface area contributed by atoms with Crippen molar-refractivity contribution < 1.29 is 19.1 Å². The molecule has 98 valence electrons. The zero-order valence-electron chi connectivity index (χ0n) is 11.4. The average molecular weight is 250 g/mol. The van der Waals surface area contributed by atoms with Crippen LogP contribution in [0, 0.1) is 6.92 Å². The summed E-state index contributed by atoms with van der Waals surface area (Å²) >= 11 is 0. The Morgan fingerprint density at radius 1 is 1.06 bits per heavy atom. The molecule has 1 rings (SSSR count). The first kappa shape index (κ1) is 14.2. The molecule has 0 aliphatic heterocycles. The molecule has 0 unspecified atom stereocenters. The first-order valence-electron chi connectivity index (χ1n) is 5.74. The van der Waals surface area contributed by atoms with Gasteiger partial charge in [-0.05, 0) is 30.0 Å². The quantitative estimate of drug-likeness (QED) is 0.774. The third-order valence-corrected chi connectivity index (χ3v) is 2.83. The van der Waals surface area contributed by atoms with E-state index in [1.54, 1.807) is 12.1 Å². The van der Waals surface area contributed by atoms with Crippen LogP contribution in [-0.4, -0.2) is 26.2 Å². The Balaban J connectivity index is 3.57. The average Bonchev–Trinajstić information content (AvgIpc) is 2.36. The first-order valence-corrected chi connectivity index (χ1v) is 5.74. The van der Waals surface area contributed by atoms with Gasteiger partial charge in [0.15, 0.2) is 0 Å².